The fourth-order valence-electron chi connectivity index (χ4n) is 4.45. The molecule has 2 fully saturated rings. The van der Waals surface area contributed by atoms with Gasteiger partial charge in [0.2, 0.25) is 0 Å². The number of halogens is 1. The van der Waals surface area contributed by atoms with E-state index in [1.54, 1.807) is 4.57 Å². The number of thioether (sulfide) groups is 1. The number of nitrogens with one attached hydrogen (secondary N) is 1. The lowest BCUT2D eigenvalue weighted by atomic mass is 9.91. The van der Waals surface area contributed by atoms with Gasteiger partial charge >= 0.3 is 11.8 Å². The minimum Gasteiger partial charge on any atom is -0.465 e. The Morgan fingerprint density at radius 3 is 2.41 bits per heavy atom. The number of rotatable bonds is 3. The van der Waals surface area contributed by atoms with Gasteiger partial charge in [0.15, 0.2) is 0 Å². The van der Waals surface area contributed by atoms with Crippen LogP contribution in [0, 0.1) is 5.82 Å². The highest BCUT2D eigenvalue weighted by molar-refractivity contribution is 7.99. The smallest absolute Gasteiger partial charge is 0.404 e. The topological polar surface area (TPSA) is 106 Å². The predicted octanol–water partition coefficient (Wildman–Crippen LogP) is 2.52. The van der Waals surface area contributed by atoms with Gasteiger partial charge in [0.25, 0.3) is 5.56 Å². The van der Waals surface area contributed by atoms with Gasteiger partial charge in [0.1, 0.15) is 11.5 Å². The molecule has 2 aromatic rings. The highest BCUT2D eigenvalue weighted by Crippen LogP contribution is 2.30. The molecular formula is C19H23FN4O4S. The Labute approximate surface area is 170 Å². The number of carboxylic acid groups (broad SMARTS) is 1. The number of carbonyl (C=O) groups is 1. The molecule has 1 aliphatic heterocycles. The van der Waals surface area contributed by atoms with Gasteiger partial charge in [-0.05, 0) is 56.1 Å². The third kappa shape index (κ3) is 3.90. The zero-order valence-electron chi connectivity index (χ0n) is 15.8. The highest BCUT2D eigenvalue weighted by Gasteiger charge is 2.29. The van der Waals surface area contributed by atoms with Crippen LogP contribution in [0.5, 0.6) is 0 Å². The molecule has 29 heavy (non-hydrogen) atoms. The molecule has 156 valence electrons. The maximum Gasteiger partial charge on any atom is 0.404 e. The third-order valence-corrected chi connectivity index (χ3v) is 6.92. The molecule has 1 saturated carbocycles. The molecule has 3 heterocycles. The number of hydrogen-bond donors (Lipinski definition) is 2. The summed E-state index contributed by atoms with van der Waals surface area (Å²) in [6, 6.07) is 0.572. The number of aromatic nitrogens is 3. The first-order valence-corrected chi connectivity index (χ1v) is 11.0. The second-order valence-electron chi connectivity index (χ2n) is 7.65. The van der Waals surface area contributed by atoms with Gasteiger partial charge in [-0.1, -0.05) is 0 Å². The molecule has 0 aromatic carbocycles. The second-order valence-corrected chi connectivity index (χ2v) is 8.88. The molecular weight excluding hydrogens is 399 g/mol. The molecule has 2 aromatic heterocycles. The summed E-state index contributed by atoms with van der Waals surface area (Å²) in [5.74, 6) is 1.23. The van der Waals surface area contributed by atoms with Crippen molar-refractivity contribution in [3.05, 3.63) is 38.9 Å². The van der Waals surface area contributed by atoms with E-state index < -0.39 is 23.2 Å². The van der Waals surface area contributed by atoms with Crippen LogP contribution in [0.2, 0.25) is 0 Å². The van der Waals surface area contributed by atoms with Gasteiger partial charge in [0, 0.05) is 18.1 Å². The van der Waals surface area contributed by atoms with Gasteiger partial charge in [-0.15, -0.1) is 0 Å². The van der Waals surface area contributed by atoms with Crippen LogP contribution in [0.15, 0.2) is 21.9 Å². The highest BCUT2D eigenvalue weighted by atomic mass is 32.2. The van der Waals surface area contributed by atoms with Crippen LogP contribution in [0.25, 0.3) is 11.0 Å². The summed E-state index contributed by atoms with van der Waals surface area (Å²) in [6.45, 7) is 0. The average Bonchev–Trinajstić information content (AvgIpc) is 2.70. The summed E-state index contributed by atoms with van der Waals surface area (Å²) >= 11 is 1.83. The van der Waals surface area contributed by atoms with E-state index in [0.717, 1.165) is 36.6 Å². The first kappa shape index (κ1) is 19.9. The molecule has 8 nitrogen and oxygen atoms in total. The Kier molecular flexibility index (Phi) is 5.62. The summed E-state index contributed by atoms with van der Waals surface area (Å²) in [5, 5.41) is 11.5. The molecule has 0 bridgehead atoms. The van der Waals surface area contributed by atoms with Crippen LogP contribution in [0.3, 0.4) is 0 Å². The van der Waals surface area contributed by atoms with E-state index in [1.165, 1.54) is 4.57 Å². The monoisotopic (exact) mass is 422 g/mol. The molecule has 1 saturated heterocycles. The van der Waals surface area contributed by atoms with E-state index in [0.29, 0.717) is 25.7 Å². The fourth-order valence-corrected chi connectivity index (χ4v) is 5.53. The minimum absolute atomic E-state index is 0.0684. The standard InChI is InChI=1S/C19H23FN4O4S/c20-11-9-15-16(21-10-11)23(14-5-7-29-8-6-14)19(28)24(17(15)25)13-3-1-12(2-4-13)22-18(26)27/h9-10,12-14,22H,1-8H2,(H,26,27)/t12-,13+. The molecule has 0 radical (unpaired) electrons. The Hall–Kier alpha value is -2.36. The van der Waals surface area contributed by atoms with E-state index >= 15 is 0 Å². The summed E-state index contributed by atoms with van der Waals surface area (Å²) in [7, 11) is 0. The lowest BCUT2D eigenvalue weighted by Crippen LogP contribution is -2.46. The normalized spacial score (nSPS) is 23.2. The summed E-state index contributed by atoms with van der Waals surface area (Å²) < 4.78 is 16.7. The molecule has 0 atom stereocenters. The van der Waals surface area contributed by atoms with Crippen molar-refractivity contribution in [3.8, 4) is 0 Å². The molecule has 1 amide bonds. The van der Waals surface area contributed by atoms with Gasteiger partial charge in [-0.2, -0.15) is 11.8 Å². The van der Waals surface area contributed by atoms with Gasteiger partial charge < -0.3 is 10.4 Å². The van der Waals surface area contributed by atoms with E-state index in [4.69, 9.17) is 5.11 Å². The van der Waals surface area contributed by atoms with Crippen molar-refractivity contribution in [2.75, 3.05) is 11.5 Å². The summed E-state index contributed by atoms with van der Waals surface area (Å²) in [4.78, 5) is 41.5. The third-order valence-electron chi connectivity index (χ3n) is 5.87. The van der Waals surface area contributed by atoms with E-state index in [9.17, 15) is 18.8 Å². The van der Waals surface area contributed by atoms with E-state index in [-0.39, 0.29) is 29.2 Å². The predicted molar refractivity (Wildman–Crippen MR) is 108 cm³/mol. The maximum absolute atomic E-state index is 13.9. The van der Waals surface area contributed by atoms with Crippen LogP contribution in [0.4, 0.5) is 9.18 Å². The van der Waals surface area contributed by atoms with E-state index in [1.807, 2.05) is 11.8 Å². The quantitative estimate of drug-likeness (QED) is 0.787. The Bertz CT molecular complexity index is 1040. The second kappa shape index (κ2) is 8.17. The largest absolute Gasteiger partial charge is 0.465 e. The average molecular weight is 422 g/mol. The van der Waals surface area contributed by atoms with Gasteiger partial charge in [-0.3, -0.25) is 13.9 Å². The Morgan fingerprint density at radius 1 is 1.10 bits per heavy atom. The molecule has 10 heteroatoms. The Balaban J connectivity index is 1.79. The van der Waals surface area contributed by atoms with Crippen molar-refractivity contribution in [2.24, 2.45) is 0 Å². The molecule has 0 spiro atoms. The van der Waals surface area contributed by atoms with Crippen LogP contribution in [0.1, 0.15) is 50.6 Å². The lowest BCUT2D eigenvalue weighted by molar-refractivity contribution is 0.182. The van der Waals surface area contributed by atoms with Crippen LogP contribution < -0.4 is 16.6 Å². The van der Waals surface area contributed by atoms with Crippen LogP contribution >= 0.6 is 11.8 Å². The van der Waals surface area contributed by atoms with Crippen LogP contribution in [-0.4, -0.2) is 42.9 Å². The van der Waals surface area contributed by atoms with Gasteiger partial charge in [-0.25, -0.2) is 19.0 Å². The first-order chi connectivity index (χ1) is 14.0. The molecule has 2 N–H and O–H groups in total. The van der Waals surface area contributed by atoms with Crippen molar-refractivity contribution in [2.45, 2.75) is 56.7 Å². The SMILES string of the molecule is O=C(O)N[C@H]1CC[C@@H](n2c(=O)c3cc(F)cnc3n(C3CCSCC3)c2=O)CC1. The van der Waals surface area contributed by atoms with Crippen LogP contribution in [-0.2, 0) is 0 Å². The molecule has 1 aliphatic carbocycles. The van der Waals surface area contributed by atoms with Crippen molar-refractivity contribution >= 4 is 28.9 Å². The molecule has 4 rings (SSSR count). The summed E-state index contributed by atoms with van der Waals surface area (Å²) in [5.41, 5.74) is -0.669. The van der Waals surface area contributed by atoms with Crippen molar-refractivity contribution in [1.82, 2.24) is 19.4 Å². The zero-order chi connectivity index (χ0) is 20.5. The Morgan fingerprint density at radius 2 is 1.76 bits per heavy atom. The van der Waals surface area contributed by atoms with E-state index in [2.05, 4.69) is 10.3 Å². The molecule has 0 unspecified atom stereocenters. The van der Waals surface area contributed by atoms with Crippen molar-refractivity contribution < 1.29 is 14.3 Å². The molecule has 2 aliphatic rings. The maximum atomic E-state index is 13.9. The number of fused-ring (bicyclic) bond motifs is 1. The zero-order valence-corrected chi connectivity index (χ0v) is 16.7. The lowest BCUT2D eigenvalue weighted by Gasteiger charge is -2.31. The number of hydrogen-bond acceptors (Lipinski definition) is 5. The number of pyridine rings is 1. The first-order valence-electron chi connectivity index (χ1n) is 9.85. The fraction of sp³-hybridized carbons (Fsp3) is 0.579. The van der Waals surface area contributed by atoms with Crippen molar-refractivity contribution in [3.63, 3.8) is 0 Å². The number of amides is 1. The number of nitrogens with zero attached hydrogens (tertiary/aromatic N) is 3. The van der Waals surface area contributed by atoms with Crippen molar-refractivity contribution in [1.29, 1.82) is 0 Å². The summed E-state index contributed by atoms with van der Waals surface area (Å²) in [6.07, 6.45) is 3.67. The minimum atomic E-state index is -1.07. The van der Waals surface area contributed by atoms with Gasteiger partial charge in [0.05, 0.1) is 11.6 Å².